The van der Waals surface area contributed by atoms with Crippen LogP contribution in [0.15, 0.2) is 23.1 Å². The first kappa shape index (κ1) is 11.6. The average Bonchev–Trinajstić information content (AvgIpc) is 2.11. The Labute approximate surface area is 98.4 Å². The van der Waals surface area contributed by atoms with Gasteiger partial charge >= 0.3 is 0 Å². The molecule has 0 saturated carbocycles. The molecule has 0 bridgehead atoms. The fourth-order valence-electron chi connectivity index (χ4n) is 0.834. The second-order valence-corrected chi connectivity index (χ2v) is 4.93. The molecule has 0 aliphatic heterocycles. The van der Waals surface area contributed by atoms with Crippen molar-refractivity contribution in [2.45, 2.75) is 11.3 Å². The Bertz CT molecular complexity index is 276. The normalized spacial score (nSPS) is 10.4. The highest BCUT2D eigenvalue weighted by molar-refractivity contribution is 7.99. The number of benzene rings is 1. The highest BCUT2D eigenvalue weighted by atomic mass is 35.5. The van der Waals surface area contributed by atoms with Crippen LogP contribution in [0.25, 0.3) is 0 Å². The third kappa shape index (κ3) is 4.03. The van der Waals surface area contributed by atoms with Gasteiger partial charge in [-0.25, -0.2) is 0 Å². The Morgan fingerprint density at radius 2 is 2.08 bits per heavy atom. The SMILES string of the molecule is SCCCSc1cc(Cl)ccc1Cl. The zero-order valence-electron chi connectivity index (χ0n) is 6.96. The maximum Gasteiger partial charge on any atom is 0.0542 e. The van der Waals surface area contributed by atoms with Crippen molar-refractivity contribution in [1.82, 2.24) is 0 Å². The summed E-state index contributed by atoms with van der Waals surface area (Å²) in [4.78, 5) is 1.05. The summed E-state index contributed by atoms with van der Waals surface area (Å²) in [5.41, 5.74) is 0. The maximum atomic E-state index is 5.98. The third-order valence-corrected chi connectivity index (χ3v) is 3.59. The van der Waals surface area contributed by atoms with Gasteiger partial charge in [0.25, 0.3) is 0 Å². The van der Waals surface area contributed by atoms with Crippen LogP contribution in [-0.2, 0) is 0 Å². The predicted molar refractivity (Wildman–Crippen MR) is 65.7 cm³/mol. The van der Waals surface area contributed by atoms with Crippen LogP contribution < -0.4 is 0 Å². The Hall–Kier alpha value is 0.500. The number of thiol groups is 1. The van der Waals surface area contributed by atoms with Crippen LogP contribution in [0.5, 0.6) is 0 Å². The molecule has 4 heteroatoms. The fourth-order valence-corrected chi connectivity index (χ4v) is 2.65. The third-order valence-electron chi connectivity index (χ3n) is 1.45. The minimum Gasteiger partial charge on any atom is -0.179 e. The second kappa shape index (κ2) is 6.07. The van der Waals surface area contributed by atoms with Gasteiger partial charge in [0.15, 0.2) is 0 Å². The van der Waals surface area contributed by atoms with Crippen LogP contribution in [0.3, 0.4) is 0 Å². The molecule has 0 aliphatic rings. The van der Waals surface area contributed by atoms with E-state index in [1.54, 1.807) is 17.8 Å². The lowest BCUT2D eigenvalue weighted by Gasteiger charge is -2.03. The molecular formula is C9H10Cl2S2. The Morgan fingerprint density at radius 3 is 2.77 bits per heavy atom. The number of hydrogen-bond donors (Lipinski definition) is 1. The number of halogens is 2. The molecule has 0 N–H and O–H groups in total. The van der Waals surface area contributed by atoms with Crippen molar-refractivity contribution >= 4 is 47.6 Å². The topological polar surface area (TPSA) is 0 Å². The minimum absolute atomic E-state index is 0.734. The summed E-state index contributed by atoms with van der Waals surface area (Å²) in [7, 11) is 0. The lowest BCUT2D eigenvalue weighted by molar-refractivity contribution is 1.13. The predicted octanol–water partition coefficient (Wildman–Crippen LogP) is 4.41. The molecule has 13 heavy (non-hydrogen) atoms. The van der Waals surface area contributed by atoms with E-state index in [-0.39, 0.29) is 0 Å². The lowest BCUT2D eigenvalue weighted by atomic mass is 10.4. The lowest BCUT2D eigenvalue weighted by Crippen LogP contribution is -1.82. The van der Waals surface area contributed by atoms with E-state index in [9.17, 15) is 0 Å². The van der Waals surface area contributed by atoms with E-state index < -0.39 is 0 Å². The van der Waals surface area contributed by atoms with Crippen LogP contribution >= 0.6 is 47.6 Å². The molecule has 0 saturated heterocycles. The molecule has 0 nitrogen and oxygen atoms in total. The molecule has 0 atom stereocenters. The molecule has 0 aromatic heterocycles. The minimum atomic E-state index is 0.734. The van der Waals surface area contributed by atoms with Gasteiger partial charge in [0.2, 0.25) is 0 Å². The molecule has 0 spiro atoms. The number of thioether (sulfide) groups is 1. The summed E-state index contributed by atoms with van der Waals surface area (Å²) in [6.45, 7) is 0. The summed E-state index contributed by atoms with van der Waals surface area (Å²) in [6, 6.07) is 5.52. The standard InChI is InChI=1S/C9H10Cl2S2/c10-7-2-3-8(11)9(6-7)13-5-1-4-12/h2-3,6,12H,1,4-5H2. The zero-order chi connectivity index (χ0) is 9.68. The largest absolute Gasteiger partial charge is 0.179 e. The first-order valence-electron chi connectivity index (χ1n) is 3.93. The van der Waals surface area contributed by atoms with Gasteiger partial charge in [0, 0.05) is 9.92 Å². The Morgan fingerprint density at radius 1 is 1.31 bits per heavy atom. The summed E-state index contributed by atoms with van der Waals surface area (Å²) < 4.78 is 0. The van der Waals surface area contributed by atoms with Gasteiger partial charge in [-0.15, -0.1) is 11.8 Å². The van der Waals surface area contributed by atoms with Crippen molar-refractivity contribution in [3.63, 3.8) is 0 Å². The smallest absolute Gasteiger partial charge is 0.0542 e. The van der Waals surface area contributed by atoms with Crippen molar-refractivity contribution in [3.05, 3.63) is 28.2 Å². The molecule has 0 aliphatic carbocycles. The van der Waals surface area contributed by atoms with Crippen LogP contribution in [-0.4, -0.2) is 11.5 Å². The van der Waals surface area contributed by atoms with Crippen molar-refractivity contribution in [2.24, 2.45) is 0 Å². The first-order valence-corrected chi connectivity index (χ1v) is 6.30. The molecule has 0 fully saturated rings. The highest BCUT2D eigenvalue weighted by Crippen LogP contribution is 2.30. The van der Waals surface area contributed by atoms with Crippen LogP contribution in [0.1, 0.15) is 6.42 Å². The fraction of sp³-hybridized carbons (Fsp3) is 0.333. The Balaban J connectivity index is 2.59. The maximum absolute atomic E-state index is 5.98. The summed E-state index contributed by atoms with van der Waals surface area (Å²) in [6.07, 6.45) is 1.08. The molecule has 1 aromatic rings. The molecule has 0 radical (unpaired) electrons. The van der Waals surface area contributed by atoms with E-state index in [4.69, 9.17) is 23.2 Å². The van der Waals surface area contributed by atoms with Crippen molar-refractivity contribution in [2.75, 3.05) is 11.5 Å². The van der Waals surface area contributed by atoms with E-state index >= 15 is 0 Å². The zero-order valence-corrected chi connectivity index (χ0v) is 10.2. The monoisotopic (exact) mass is 252 g/mol. The number of hydrogen-bond acceptors (Lipinski definition) is 2. The van der Waals surface area contributed by atoms with Gasteiger partial charge in [-0.2, -0.15) is 12.6 Å². The molecule has 1 rings (SSSR count). The van der Waals surface area contributed by atoms with Gasteiger partial charge in [-0.1, -0.05) is 23.2 Å². The summed E-state index contributed by atoms with van der Waals surface area (Å²) in [5.74, 6) is 1.94. The quantitative estimate of drug-likeness (QED) is 0.471. The molecule has 1 aromatic carbocycles. The van der Waals surface area contributed by atoms with E-state index in [2.05, 4.69) is 12.6 Å². The Kier molecular flexibility index (Phi) is 5.41. The van der Waals surface area contributed by atoms with Gasteiger partial charge in [-0.05, 0) is 36.1 Å². The number of rotatable bonds is 4. The van der Waals surface area contributed by atoms with E-state index in [1.807, 2.05) is 12.1 Å². The van der Waals surface area contributed by atoms with Crippen molar-refractivity contribution in [3.8, 4) is 0 Å². The second-order valence-electron chi connectivity index (χ2n) is 2.50. The van der Waals surface area contributed by atoms with Crippen LogP contribution in [0.2, 0.25) is 10.0 Å². The van der Waals surface area contributed by atoms with Gasteiger partial charge < -0.3 is 0 Å². The van der Waals surface area contributed by atoms with E-state index in [1.165, 1.54) is 0 Å². The van der Waals surface area contributed by atoms with Gasteiger partial charge in [0.05, 0.1) is 5.02 Å². The van der Waals surface area contributed by atoms with Gasteiger partial charge in [-0.3, -0.25) is 0 Å². The first-order chi connectivity index (χ1) is 6.24. The molecular weight excluding hydrogens is 243 g/mol. The van der Waals surface area contributed by atoms with Crippen molar-refractivity contribution in [1.29, 1.82) is 0 Å². The van der Waals surface area contributed by atoms with Crippen LogP contribution in [0.4, 0.5) is 0 Å². The summed E-state index contributed by atoms with van der Waals surface area (Å²) in [5, 5.41) is 1.51. The molecule has 0 amide bonds. The van der Waals surface area contributed by atoms with Crippen LogP contribution in [0, 0.1) is 0 Å². The van der Waals surface area contributed by atoms with Crippen molar-refractivity contribution < 1.29 is 0 Å². The molecule has 72 valence electrons. The molecule has 0 heterocycles. The van der Waals surface area contributed by atoms with Gasteiger partial charge in [0.1, 0.15) is 0 Å². The van der Waals surface area contributed by atoms with E-state index in [0.29, 0.717) is 0 Å². The average molecular weight is 253 g/mol. The summed E-state index contributed by atoms with van der Waals surface area (Å²) >= 11 is 17.7. The molecule has 0 unspecified atom stereocenters. The highest BCUT2D eigenvalue weighted by Gasteiger charge is 2.01. The van der Waals surface area contributed by atoms with E-state index in [0.717, 1.165) is 32.9 Å².